The second-order valence-corrected chi connectivity index (χ2v) is 6.20. The molecule has 1 rings (SSSR count). The molecule has 0 spiro atoms. The van der Waals surface area contributed by atoms with Crippen LogP contribution in [0, 0.1) is 5.92 Å². The molecular weight excluding hydrogens is 274 g/mol. The van der Waals surface area contributed by atoms with Crippen LogP contribution in [0.1, 0.15) is 44.7 Å². The van der Waals surface area contributed by atoms with Gasteiger partial charge in [0, 0.05) is 26.7 Å². The molecule has 22 heavy (non-hydrogen) atoms. The van der Waals surface area contributed by atoms with E-state index in [1.807, 2.05) is 7.05 Å². The normalized spacial score (nSPS) is 13.3. The van der Waals surface area contributed by atoms with Crippen LogP contribution in [0.4, 0.5) is 0 Å². The first kappa shape index (κ1) is 18.5. The molecule has 2 N–H and O–H groups in total. The highest BCUT2D eigenvalue weighted by atomic mass is 16.5. The molecule has 0 aromatic heterocycles. The number of benzene rings is 1. The summed E-state index contributed by atoms with van der Waals surface area (Å²) >= 11 is 0. The Morgan fingerprint density at radius 3 is 2.55 bits per heavy atom. The maximum absolute atomic E-state index is 5.17. The Balaban J connectivity index is 2.45. The third-order valence-corrected chi connectivity index (χ3v) is 3.55. The quantitative estimate of drug-likeness (QED) is 0.572. The molecule has 0 heterocycles. The molecule has 0 radical (unpaired) electrons. The molecule has 1 atom stereocenters. The first-order valence-electron chi connectivity index (χ1n) is 8.09. The largest absolute Gasteiger partial charge is 0.380 e. The van der Waals surface area contributed by atoms with E-state index in [-0.39, 0.29) is 0 Å². The number of rotatable bonds is 8. The van der Waals surface area contributed by atoms with E-state index in [1.54, 1.807) is 7.11 Å². The first-order chi connectivity index (χ1) is 10.5. The molecule has 0 saturated carbocycles. The number of hydrogen-bond acceptors (Lipinski definition) is 2. The Hall–Kier alpha value is -1.55. The molecular formula is C18H31N3O. The predicted octanol–water partition coefficient (Wildman–Crippen LogP) is 3.32. The van der Waals surface area contributed by atoms with Crippen molar-refractivity contribution >= 4 is 5.96 Å². The molecule has 1 unspecified atom stereocenters. The maximum atomic E-state index is 5.17. The molecule has 0 aliphatic rings. The molecule has 124 valence electrons. The molecule has 0 aliphatic heterocycles. The highest BCUT2D eigenvalue weighted by Crippen LogP contribution is 2.07. The van der Waals surface area contributed by atoms with Crippen LogP contribution in [-0.2, 0) is 17.9 Å². The first-order valence-corrected chi connectivity index (χ1v) is 8.09. The topological polar surface area (TPSA) is 45.7 Å². The van der Waals surface area contributed by atoms with Crippen molar-refractivity contribution in [1.82, 2.24) is 10.6 Å². The lowest BCUT2D eigenvalue weighted by molar-refractivity contribution is 0.185. The zero-order chi connectivity index (χ0) is 16.4. The third-order valence-electron chi connectivity index (χ3n) is 3.55. The second-order valence-electron chi connectivity index (χ2n) is 6.20. The number of ether oxygens (including phenoxy) is 1. The molecule has 0 fully saturated rings. The number of nitrogens with zero attached hydrogens (tertiary/aromatic N) is 1. The van der Waals surface area contributed by atoms with Gasteiger partial charge >= 0.3 is 0 Å². The van der Waals surface area contributed by atoms with Crippen molar-refractivity contribution in [2.75, 3.05) is 14.2 Å². The maximum Gasteiger partial charge on any atom is 0.191 e. The molecule has 4 heteroatoms. The zero-order valence-electron chi connectivity index (χ0n) is 14.6. The number of nitrogens with one attached hydrogen (secondary N) is 2. The molecule has 0 saturated heterocycles. The van der Waals surface area contributed by atoms with E-state index in [0.717, 1.165) is 24.8 Å². The number of hydrogen-bond donors (Lipinski definition) is 2. The van der Waals surface area contributed by atoms with Crippen molar-refractivity contribution in [3.05, 3.63) is 35.4 Å². The molecule has 1 aromatic rings. The van der Waals surface area contributed by atoms with Gasteiger partial charge in [-0.3, -0.25) is 4.99 Å². The summed E-state index contributed by atoms with van der Waals surface area (Å²) < 4.78 is 5.17. The van der Waals surface area contributed by atoms with Gasteiger partial charge in [0.25, 0.3) is 0 Å². The summed E-state index contributed by atoms with van der Waals surface area (Å²) in [6.45, 7) is 8.12. The summed E-state index contributed by atoms with van der Waals surface area (Å²) in [5.74, 6) is 1.59. The highest BCUT2D eigenvalue weighted by Gasteiger charge is 2.06. The molecule has 0 bridgehead atoms. The van der Waals surface area contributed by atoms with Crippen LogP contribution in [0.2, 0.25) is 0 Å². The second kappa shape index (κ2) is 10.2. The fourth-order valence-corrected chi connectivity index (χ4v) is 2.27. The lowest BCUT2D eigenvalue weighted by Gasteiger charge is -2.19. The van der Waals surface area contributed by atoms with Crippen LogP contribution < -0.4 is 10.6 Å². The van der Waals surface area contributed by atoms with Crippen molar-refractivity contribution in [3.63, 3.8) is 0 Å². The van der Waals surface area contributed by atoms with E-state index < -0.39 is 0 Å². The molecule has 0 aliphatic carbocycles. The van der Waals surface area contributed by atoms with E-state index in [4.69, 9.17) is 4.74 Å². The van der Waals surface area contributed by atoms with E-state index in [2.05, 4.69) is 60.7 Å². The average Bonchev–Trinajstić information content (AvgIpc) is 2.50. The Morgan fingerprint density at radius 2 is 1.91 bits per heavy atom. The van der Waals surface area contributed by atoms with Crippen molar-refractivity contribution in [3.8, 4) is 0 Å². The Morgan fingerprint density at radius 1 is 1.18 bits per heavy atom. The molecule has 1 aromatic carbocycles. The Labute approximate surface area is 135 Å². The van der Waals surface area contributed by atoms with Gasteiger partial charge in [-0.1, -0.05) is 38.1 Å². The Bertz CT molecular complexity index is 457. The minimum absolute atomic E-state index is 0.424. The fourth-order valence-electron chi connectivity index (χ4n) is 2.27. The van der Waals surface area contributed by atoms with Gasteiger partial charge in [-0.25, -0.2) is 0 Å². The van der Waals surface area contributed by atoms with Gasteiger partial charge < -0.3 is 15.4 Å². The monoisotopic (exact) mass is 305 g/mol. The van der Waals surface area contributed by atoms with E-state index in [1.165, 1.54) is 17.5 Å². The minimum atomic E-state index is 0.424. The van der Waals surface area contributed by atoms with Crippen molar-refractivity contribution in [1.29, 1.82) is 0 Å². The number of guanidine groups is 1. The zero-order valence-corrected chi connectivity index (χ0v) is 14.6. The van der Waals surface area contributed by atoms with Gasteiger partial charge in [0.2, 0.25) is 0 Å². The summed E-state index contributed by atoms with van der Waals surface area (Å²) in [7, 11) is 3.53. The SMILES string of the molecule is CN=C(NCc1cccc(COC)c1)NC(C)CCC(C)C. The van der Waals surface area contributed by atoms with Crippen molar-refractivity contribution in [2.45, 2.75) is 52.8 Å². The van der Waals surface area contributed by atoms with Crippen LogP contribution in [0.25, 0.3) is 0 Å². The van der Waals surface area contributed by atoms with Crippen LogP contribution in [0.5, 0.6) is 0 Å². The summed E-state index contributed by atoms with van der Waals surface area (Å²) in [4.78, 5) is 4.30. The smallest absolute Gasteiger partial charge is 0.191 e. The van der Waals surface area contributed by atoms with E-state index >= 15 is 0 Å². The Kier molecular flexibility index (Phi) is 8.60. The molecule has 4 nitrogen and oxygen atoms in total. The van der Waals surface area contributed by atoms with Crippen LogP contribution in [0.3, 0.4) is 0 Å². The molecule has 0 amide bonds. The van der Waals surface area contributed by atoms with Gasteiger partial charge in [-0.2, -0.15) is 0 Å². The summed E-state index contributed by atoms with van der Waals surface area (Å²) in [5.41, 5.74) is 2.42. The highest BCUT2D eigenvalue weighted by molar-refractivity contribution is 5.79. The van der Waals surface area contributed by atoms with Crippen LogP contribution in [-0.4, -0.2) is 26.2 Å². The summed E-state index contributed by atoms with van der Waals surface area (Å²) in [6.07, 6.45) is 2.38. The average molecular weight is 305 g/mol. The van der Waals surface area contributed by atoms with Crippen molar-refractivity contribution < 1.29 is 4.74 Å². The minimum Gasteiger partial charge on any atom is -0.380 e. The summed E-state index contributed by atoms with van der Waals surface area (Å²) in [6, 6.07) is 8.84. The van der Waals surface area contributed by atoms with Gasteiger partial charge in [-0.05, 0) is 36.8 Å². The van der Waals surface area contributed by atoms with E-state index in [9.17, 15) is 0 Å². The van der Waals surface area contributed by atoms with Gasteiger partial charge in [-0.15, -0.1) is 0 Å². The van der Waals surface area contributed by atoms with Crippen LogP contribution in [0.15, 0.2) is 29.3 Å². The summed E-state index contributed by atoms with van der Waals surface area (Å²) in [5, 5.41) is 6.82. The van der Waals surface area contributed by atoms with E-state index in [0.29, 0.717) is 12.6 Å². The van der Waals surface area contributed by atoms with Crippen molar-refractivity contribution in [2.24, 2.45) is 10.9 Å². The lowest BCUT2D eigenvalue weighted by atomic mass is 10.0. The third kappa shape index (κ3) is 7.46. The van der Waals surface area contributed by atoms with Gasteiger partial charge in [0.1, 0.15) is 0 Å². The fraction of sp³-hybridized carbons (Fsp3) is 0.611. The van der Waals surface area contributed by atoms with Gasteiger partial charge in [0.15, 0.2) is 5.96 Å². The number of aliphatic imine (C=N–C) groups is 1. The van der Waals surface area contributed by atoms with Gasteiger partial charge in [0.05, 0.1) is 6.61 Å². The number of methoxy groups -OCH3 is 1. The lowest BCUT2D eigenvalue weighted by Crippen LogP contribution is -2.41. The van der Waals surface area contributed by atoms with Crippen LogP contribution >= 0.6 is 0 Å². The predicted molar refractivity (Wildman–Crippen MR) is 94.0 cm³/mol. The standard InChI is InChI=1S/C18H31N3O/c1-14(2)9-10-15(3)21-18(19-4)20-12-16-7-6-8-17(11-16)13-22-5/h6-8,11,14-15H,9-10,12-13H2,1-5H3,(H2,19,20,21).